The van der Waals surface area contributed by atoms with Gasteiger partial charge in [-0.15, -0.1) is 11.8 Å². The number of alkyl halides is 3. The predicted molar refractivity (Wildman–Crippen MR) is 83.4 cm³/mol. The number of nitrogens with one attached hydrogen (secondary N) is 1. The van der Waals surface area contributed by atoms with Crippen LogP contribution in [0.5, 0.6) is 0 Å². The van der Waals surface area contributed by atoms with Crippen LogP contribution in [0.1, 0.15) is 33.9 Å². The van der Waals surface area contributed by atoms with E-state index in [1.165, 1.54) is 18.2 Å². The molecule has 0 saturated carbocycles. The van der Waals surface area contributed by atoms with Crippen LogP contribution in [-0.4, -0.2) is 11.7 Å². The Labute approximate surface area is 136 Å². The van der Waals surface area contributed by atoms with E-state index in [9.17, 15) is 18.0 Å². The molecule has 3 rings (SSSR count). The van der Waals surface area contributed by atoms with E-state index in [-0.39, 0.29) is 11.6 Å². The Morgan fingerprint density at radius 3 is 2.57 bits per heavy atom. The first-order chi connectivity index (χ1) is 11.0. The Bertz CT molecular complexity index is 730. The van der Waals surface area contributed by atoms with Crippen LogP contribution in [0.2, 0.25) is 0 Å². The average Bonchev–Trinajstić information content (AvgIpc) is 2.54. The molecule has 120 valence electrons. The fourth-order valence-electron chi connectivity index (χ4n) is 2.66. The lowest BCUT2D eigenvalue weighted by atomic mass is 10.0. The van der Waals surface area contributed by atoms with Gasteiger partial charge in [0.25, 0.3) is 5.91 Å². The largest absolute Gasteiger partial charge is 0.417 e. The van der Waals surface area contributed by atoms with Gasteiger partial charge in [-0.2, -0.15) is 13.2 Å². The van der Waals surface area contributed by atoms with Crippen LogP contribution in [-0.2, 0) is 6.18 Å². The number of carbonyl (C=O) groups is 1. The molecular weight excluding hydrogens is 323 g/mol. The summed E-state index contributed by atoms with van der Waals surface area (Å²) in [7, 11) is 0. The van der Waals surface area contributed by atoms with Crippen LogP contribution in [0.3, 0.4) is 0 Å². The first-order valence-electron chi connectivity index (χ1n) is 7.15. The summed E-state index contributed by atoms with van der Waals surface area (Å²) in [6, 6.07) is 12.2. The molecular formula is C17H14F3NOS. The molecule has 0 saturated heterocycles. The third kappa shape index (κ3) is 3.37. The van der Waals surface area contributed by atoms with Gasteiger partial charge in [-0.05, 0) is 30.2 Å². The van der Waals surface area contributed by atoms with E-state index in [4.69, 9.17) is 0 Å². The second-order valence-corrected chi connectivity index (χ2v) is 6.38. The molecule has 0 fully saturated rings. The third-order valence-corrected chi connectivity index (χ3v) is 4.86. The number of carbonyl (C=O) groups excluding carboxylic acids is 1. The Hall–Kier alpha value is -1.95. The number of halogens is 3. The van der Waals surface area contributed by atoms with E-state index >= 15 is 0 Å². The number of hydrogen-bond donors (Lipinski definition) is 1. The van der Waals surface area contributed by atoms with Crippen LogP contribution in [0.15, 0.2) is 53.4 Å². The number of benzene rings is 2. The predicted octanol–water partition coefficient (Wildman–Crippen LogP) is 4.67. The van der Waals surface area contributed by atoms with Crippen molar-refractivity contribution in [2.75, 3.05) is 5.75 Å². The lowest BCUT2D eigenvalue weighted by molar-refractivity contribution is -0.137. The normalized spacial score (nSPS) is 17.4. The molecule has 2 nitrogen and oxygen atoms in total. The zero-order valence-corrected chi connectivity index (χ0v) is 12.9. The molecule has 2 aromatic rings. The van der Waals surface area contributed by atoms with Gasteiger partial charge in [0.1, 0.15) is 0 Å². The van der Waals surface area contributed by atoms with Crippen molar-refractivity contribution in [2.45, 2.75) is 23.5 Å². The molecule has 1 N–H and O–H groups in total. The van der Waals surface area contributed by atoms with Crippen molar-refractivity contribution < 1.29 is 18.0 Å². The molecule has 2 aromatic carbocycles. The summed E-state index contributed by atoms with van der Waals surface area (Å²) in [5, 5.41) is 2.75. The van der Waals surface area contributed by atoms with Gasteiger partial charge in [0.2, 0.25) is 0 Å². The first-order valence-corrected chi connectivity index (χ1v) is 8.14. The van der Waals surface area contributed by atoms with Gasteiger partial charge in [0.05, 0.1) is 17.2 Å². The number of rotatable bonds is 2. The maximum atomic E-state index is 13.0. The smallest absolute Gasteiger partial charge is 0.345 e. The van der Waals surface area contributed by atoms with Gasteiger partial charge in [-0.1, -0.05) is 30.3 Å². The summed E-state index contributed by atoms with van der Waals surface area (Å²) in [5.74, 6) is 0.132. The van der Waals surface area contributed by atoms with E-state index in [1.807, 2.05) is 24.3 Å². The Morgan fingerprint density at radius 2 is 1.78 bits per heavy atom. The van der Waals surface area contributed by atoms with Crippen molar-refractivity contribution in [2.24, 2.45) is 0 Å². The molecule has 0 bridgehead atoms. The maximum absolute atomic E-state index is 13.0. The zero-order chi connectivity index (χ0) is 16.4. The van der Waals surface area contributed by atoms with Crippen molar-refractivity contribution in [1.29, 1.82) is 0 Å². The van der Waals surface area contributed by atoms with Crippen molar-refractivity contribution >= 4 is 17.7 Å². The second-order valence-electron chi connectivity index (χ2n) is 5.24. The number of thioether (sulfide) groups is 1. The molecule has 0 aliphatic carbocycles. The van der Waals surface area contributed by atoms with Crippen LogP contribution < -0.4 is 5.32 Å². The monoisotopic (exact) mass is 337 g/mol. The van der Waals surface area contributed by atoms with Gasteiger partial charge in [0.15, 0.2) is 0 Å². The van der Waals surface area contributed by atoms with Crippen molar-refractivity contribution in [3.05, 3.63) is 65.2 Å². The molecule has 23 heavy (non-hydrogen) atoms. The highest BCUT2D eigenvalue weighted by molar-refractivity contribution is 7.99. The van der Waals surface area contributed by atoms with E-state index in [0.29, 0.717) is 6.42 Å². The minimum absolute atomic E-state index is 0.263. The molecule has 0 aromatic heterocycles. The van der Waals surface area contributed by atoms with Crippen molar-refractivity contribution in [1.82, 2.24) is 5.32 Å². The zero-order valence-electron chi connectivity index (χ0n) is 12.1. The van der Waals surface area contributed by atoms with Gasteiger partial charge < -0.3 is 5.32 Å². The summed E-state index contributed by atoms with van der Waals surface area (Å²) < 4.78 is 39.1. The standard InChI is InChI=1S/C17H14F3NOS/c18-17(19,20)13-7-3-1-5-11(13)16(22)21-14-9-10-23-15-8-4-2-6-12(14)15/h1-8,14H,9-10H2,(H,21,22)/t14-/m1/s1. The van der Waals surface area contributed by atoms with Gasteiger partial charge in [0, 0.05) is 10.6 Å². The molecule has 1 aliphatic rings. The fourth-order valence-corrected chi connectivity index (χ4v) is 3.78. The van der Waals surface area contributed by atoms with E-state index < -0.39 is 17.6 Å². The topological polar surface area (TPSA) is 29.1 Å². The van der Waals surface area contributed by atoms with Crippen LogP contribution in [0, 0.1) is 0 Å². The minimum Gasteiger partial charge on any atom is -0.345 e. The molecule has 6 heteroatoms. The summed E-state index contributed by atoms with van der Waals surface area (Å²) in [5.41, 5.74) is -0.284. The highest BCUT2D eigenvalue weighted by Gasteiger charge is 2.35. The number of fused-ring (bicyclic) bond motifs is 1. The van der Waals surface area contributed by atoms with E-state index in [0.717, 1.165) is 22.3 Å². The van der Waals surface area contributed by atoms with Gasteiger partial charge in [-0.3, -0.25) is 4.79 Å². The molecule has 0 unspecified atom stereocenters. The van der Waals surface area contributed by atoms with Crippen molar-refractivity contribution in [3.8, 4) is 0 Å². The summed E-state index contributed by atoms with van der Waals surface area (Å²) in [4.78, 5) is 13.4. The number of amides is 1. The lowest BCUT2D eigenvalue weighted by Gasteiger charge is -2.26. The molecule has 1 heterocycles. The molecule has 0 radical (unpaired) electrons. The first kappa shape index (κ1) is 15.9. The highest BCUT2D eigenvalue weighted by Crippen LogP contribution is 2.36. The van der Waals surface area contributed by atoms with Crippen LogP contribution >= 0.6 is 11.8 Å². The Balaban J connectivity index is 1.87. The van der Waals surface area contributed by atoms with E-state index in [2.05, 4.69) is 5.32 Å². The second kappa shape index (κ2) is 6.28. The fraction of sp³-hybridized carbons (Fsp3) is 0.235. The number of hydrogen-bond acceptors (Lipinski definition) is 2. The average molecular weight is 337 g/mol. The summed E-state index contributed by atoms with van der Waals surface area (Å²) >= 11 is 1.69. The SMILES string of the molecule is O=C(N[C@@H]1CCSc2ccccc21)c1ccccc1C(F)(F)F. The van der Waals surface area contributed by atoms with E-state index in [1.54, 1.807) is 11.8 Å². The lowest BCUT2D eigenvalue weighted by Crippen LogP contribution is -2.32. The quantitative estimate of drug-likeness (QED) is 0.863. The van der Waals surface area contributed by atoms with Crippen LogP contribution in [0.4, 0.5) is 13.2 Å². The molecule has 0 spiro atoms. The highest BCUT2D eigenvalue weighted by atomic mass is 32.2. The van der Waals surface area contributed by atoms with Crippen molar-refractivity contribution in [3.63, 3.8) is 0 Å². The minimum atomic E-state index is -4.55. The molecule has 1 amide bonds. The maximum Gasteiger partial charge on any atom is 0.417 e. The van der Waals surface area contributed by atoms with Crippen LogP contribution in [0.25, 0.3) is 0 Å². The van der Waals surface area contributed by atoms with Gasteiger partial charge in [-0.25, -0.2) is 0 Å². The molecule has 1 aliphatic heterocycles. The van der Waals surface area contributed by atoms with Gasteiger partial charge >= 0.3 is 6.18 Å². The molecule has 1 atom stereocenters. The Morgan fingerprint density at radius 1 is 1.09 bits per heavy atom. The Kier molecular flexibility index (Phi) is 4.35. The summed E-state index contributed by atoms with van der Waals surface area (Å²) in [6.07, 6.45) is -3.85. The summed E-state index contributed by atoms with van der Waals surface area (Å²) in [6.45, 7) is 0. The third-order valence-electron chi connectivity index (χ3n) is 3.74.